The van der Waals surface area contributed by atoms with E-state index < -0.39 is 6.10 Å². The molecule has 0 saturated carbocycles. The first-order valence-electron chi connectivity index (χ1n) is 11.7. The van der Waals surface area contributed by atoms with E-state index in [0.29, 0.717) is 11.1 Å². The number of rotatable bonds is 4. The number of carbonyl (C=O) groups is 1. The van der Waals surface area contributed by atoms with Gasteiger partial charge in [-0.1, -0.05) is 41.9 Å². The van der Waals surface area contributed by atoms with Crippen molar-refractivity contribution in [2.45, 2.75) is 50.0 Å². The lowest BCUT2D eigenvalue weighted by Crippen LogP contribution is -2.40. The molecule has 2 N–H and O–H groups in total. The molecule has 1 spiro atoms. The van der Waals surface area contributed by atoms with Crippen LogP contribution in [0.3, 0.4) is 0 Å². The molecular weight excluding hydrogens is 422 g/mol. The van der Waals surface area contributed by atoms with Crippen LogP contribution in [0, 0.1) is 0 Å². The van der Waals surface area contributed by atoms with Crippen molar-refractivity contribution in [2.75, 3.05) is 19.6 Å². The third-order valence-corrected chi connectivity index (χ3v) is 7.65. The smallest absolute Gasteiger partial charge is 0.198 e. The van der Waals surface area contributed by atoms with Gasteiger partial charge in [-0.25, -0.2) is 0 Å². The maximum atomic E-state index is 14.0. The maximum absolute atomic E-state index is 14.0. The summed E-state index contributed by atoms with van der Waals surface area (Å²) < 4.78 is 8.85. The Morgan fingerprint density at radius 3 is 2.81 bits per heavy atom. The topological polar surface area (TPSA) is 55.3 Å². The molecule has 0 aliphatic carbocycles. The fraction of sp³-hybridized carbons (Fsp3) is 0.423. The first-order chi connectivity index (χ1) is 15.6. The van der Waals surface area contributed by atoms with Gasteiger partial charge in [0.25, 0.3) is 0 Å². The Bertz CT molecular complexity index is 1180. The third-order valence-electron chi connectivity index (χ3n) is 7.42. The number of nitrogens with one attached hydrogen (secondary N) is 2. The zero-order valence-electron chi connectivity index (χ0n) is 18.1. The summed E-state index contributed by atoms with van der Waals surface area (Å²) in [6.07, 6.45) is 5.57. The van der Waals surface area contributed by atoms with Crippen molar-refractivity contribution in [1.82, 2.24) is 15.2 Å². The largest absolute Gasteiger partial charge is 0.354 e. The summed E-state index contributed by atoms with van der Waals surface area (Å²) in [6, 6.07) is 14.5. The van der Waals surface area contributed by atoms with Crippen LogP contribution in [-0.2, 0) is 16.9 Å². The third kappa shape index (κ3) is 3.30. The number of hydrogen-bond acceptors (Lipinski definition) is 4. The molecule has 0 bridgehead atoms. The molecule has 32 heavy (non-hydrogen) atoms. The second-order valence-corrected chi connectivity index (χ2v) is 9.78. The van der Waals surface area contributed by atoms with Crippen molar-refractivity contribution in [3.8, 4) is 0 Å². The molecule has 2 atom stereocenters. The van der Waals surface area contributed by atoms with Gasteiger partial charge in [0.2, 0.25) is 0 Å². The number of hydrogen-bond donors (Lipinski definition) is 2. The Labute approximate surface area is 193 Å². The fourth-order valence-corrected chi connectivity index (χ4v) is 5.98. The number of benzene rings is 2. The molecule has 5 nitrogen and oxygen atoms in total. The van der Waals surface area contributed by atoms with Crippen LogP contribution in [0.2, 0.25) is 5.02 Å². The van der Waals surface area contributed by atoms with Gasteiger partial charge in [-0.3, -0.25) is 4.79 Å². The van der Waals surface area contributed by atoms with Gasteiger partial charge in [0.15, 0.2) is 5.78 Å². The number of ether oxygens (including phenoxy) is 1. The second-order valence-electron chi connectivity index (χ2n) is 9.34. The lowest BCUT2D eigenvalue weighted by Gasteiger charge is -2.34. The predicted octanol–water partition coefficient (Wildman–Crippen LogP) is 4.58. The highest BCUT2D eigenvalue weighted by Crippen LogP contribution is 2.49. The number of aromatic nitrogens is 1. The van der Waals surface area contributed by atoms with Crippen molar-refractivity contribution >= 4 is 28.3 Å². The minimum atomic E-state index is -0.566. The zero-order chi connectivity index (χ0) is 21.7. The first kappa shape index (κ1) is 20.4. The minimum absolute atomic E-state index is 0.0401. The molecule has 1 aromatic heterocycles. The highest BCUT2D eigenvalue weighted by atomic mass is 35.5. The van der Waals surface area contributed by atoms with Gasteiger partial charge in [-0.15, -0.1) is 0 Å². The Hall–Kier alpha value is -2.18. The van der Waals surface area contributed by atoms with Gasteiger partial charge in [0, 0.05) is 34.8 Å². The molecule has 6 rings (SSSR count). The fourth-order valence-electron chi connectivity index (χ4n) is 5.81. The molecule has 6 heteroatoms. The predicted molar refractivity (Wildman–Crippen MR) is 126 cm³/mol. The quantitative estimate of drug-likeness (QED) is 0.572. The molecule has 0 amide bonds. The Kier molecular flexibility index (Phi) is 5.10. The lowest BCUT2D eigenvalue weighted by molar-refractivity contribution is -0.0805. The van der Waals surface area contributed by atoms with E-state index in [1.807, 2.05) is 30.5 Å². The standard InChI is InChI=1S/C26H28ClN3O2/c27-17-7-8-19-21(16-30(23(19)14-17)15-18-4-3-11-29-18)24(31)25-20-5-1-2-6-22(20)26(32-25)9-12-28-13-10-26/h1-2,5-8,14,16,18,25,28-29H,3-4,9-13,15H2/t18-,25+/m0/s1. The van der Waals surface area contributed by atoms with E-state index in [2.05, 4.69) is 33.4 Å². The number of Topliss-reactive ketones (excluding diaryl/α,β-unsaturated/α-hetero) is 1. The van der Waals surface area contributed by atoms with Crippen molar-refractivity contribution in [3.05, 3.63) is 70.4 Å². The molecule has 2 aromatic carbocycles. The van der Waals surface area contributed by atoms with E-state index in [0.717, 1.165) is 67.5 Å². The van der Waals surface area contributed by atoms with Crippen molar-refractivity contribution in [2.24, 2.45) is 0 Å². The average molecular weight is 450 g/mol. The summed E-state index contributed by atoms with van der Waals surface area (Å²) in [6.45, 7) is 3.70. The highest BCUT2D eigenvalue weighted by Gasteiger charge is 2.48. The molecule has 2 saturated heterocycles. The molecule has 166 valence electrons. The molecule has 2 fully saturated rings. The summed E-state index contributed by atoms with van der Waals surface area (Å²) in [5, 5.41) is 8.62. The number of ketones is 1. The van der Waals surface area contributed by atoms with Crippen LogP contribution in [0.4, 0.5) is 0 Å². The van der Waals surface area contributed by atoms with E-state index in [9.17, 15) is 4.79 Å². The van der Waals surface area contributed by atoms with Crippen molar-refractivity contribution < 1.29 is 9.53 Å². The van der Waals surface area contributed by atoms with Crippen LogP contribution in [-0.4, -0.2) is 36.0 Å². The number of fused-ring (bicyclic) bond motifs is 3. The van der Waals surface area contributed by atoms with Gasteiger partial charge < -0.3 is 19.9 Å². The number of halogens is 1. The van der Waals surface area contributed by atoms with E-state index >= 15 is 0 Å². The first-order valence-corrected chi connectivity index (χ1v) is 12.1. The van der Waals surface area contributed by atoms with Gasteiger partial charge in [-0.2, -0.15) is 0 Å². The average Bonchev–Trinajstić information content (AvgIpc) is 3.53. The number of carbonyl (C=O) groups excluding carboxylic acids is 1. The molecule has 3 aromatic rings. The van der Waals surface area contributed by atoms with Gasteiger partial charge in [0.1, 0.15) is 6.10 Å². The molecule has 3 aliphatic rings. The Morgan fingerprint density at radius 2 is 2.00 bits per heavy atom. The number of nitrogens with zero attached hydrogens (tertiary/aromatic N) is 1. The van der Waals surface area contributed by atoms with E-state index in [-0.39, 0.29) is 11.4 Å². The number of piperidine rings is 1. The van der Waals surface area contributed by atoms with Crippen LogP contribution in [0.25, 0.3) is 10.9 Å². The molecule has 4 heterocycles. The van der Waals surface area contributed by atoms with Crippen LogP contribution in [0.1, 0.15) is 53.3 Å². The summed E-state index contributed by atoms with van der Waals surface area (Å²) in [5.41, 5.74) is 3.57. The SMILES string of the molecule is O=C(c1cn(C[C@@H]2CCCN2)c2cc(Cl)ccc12)[C@@H]1OC2(CCNCC2)c2ccccc21. The summed E-state index contributed by atoms with van der Waals surface area (Å²) in [5.74, 6) is 0.0401. The van der Waals surface area contributed by atoms with Crippen molar-refractivity contribution in [1.29, 1.82) is 0 Å². The molecule has 0 radical (unpaired) electrons. The van der Waals surface area contributed by atoms with Gasteiger partial charge in [-0.05, 0) is 68.6 Å². The van der Waals surface area contributed by atoms with E-state index in [1.165, 1.54) is 12.0 Å². The Morgan fingerprint density at radius 1 is 1.16 bits per heavy atom. The van der Waals surface area contributed by atoms with Gasteiger partial charge in [0.05, 0.1) is 11.1 Å². The van der Waals surface area contributed by atoms with Gasteiger partial charge >= 0.3 is 0 Å². The maximum Gasteiger partial charge on any atom is 0.198 e. The second kappa shape index (κ2) is 7.99. The zero-order valence-corrected chi connectivity index (χ0v) is 18.8. The Balaban J connectivity index is 1.41. The minimum Gasteiger partial charge on any atom is -0.354 e. The summed E-state index contributed by atoms with van der Waals surface area (Å²) in [4.78, 5) is 14.0. The van der Waals surface area contributed by atoms with Crippen LogP contribution >= 0.6 is 11.6 Å². The van der Waals surface area contributed by atoms with Crippen LogP contribution in [0.15, 0.2) is 48.7 Å². The molecular formula is C26H28ClN3O2. The highest BCUT2D eigenvalue weighted by molar-refractivity contribution is 6.31. The summed E-state index contributed by atoms with van der Waals surface area (Å²) in [7, 11) is 0. The monoisotopic (exact) mass is 449 g/mol. The normalized spacial score (nSPS) is 24.3. The molecule has 3 aliphatic heterocycles. The van der Waals surface area contributed by atoms with E-state index in [1.54, 1.807) is 0 Å². The van der Waals surface area contributed by atoms with Crippen LogP contribution in [0.5, 0.6) is 0 Å². The van der Waals surface area contributed by atoms with Crippen molar-refractivity contribution in [3.63, 3.8) is 0 Å². The summed E-state index contributed by atoms with van der Waals surface area (Å²) >= 11 is 6.34. The molecule has 0 unspecified atom stereocenters. The van der Waals surface area contributed by atoms with Crippen LogP contribution < -0.4 is 10.6 Å². The van der Waals surface area contributed by atoms with E-state index in [4.69, 9.17) is 16.3 Å². The lowest BCUT2D eigenvalue weighted by atomic mass is 9.84.